The molecule has 66 heavy (non-hydrogen) atoms. The van der Waals surface area contributed by atoms with Crippen molar-refractivity contribution in [3.8, 4) is 0 Å². The molecule has 30 heteroatoms. The lowest BCUT2D eigenvalue weighted by molar-refractivity contribution is -0.224. The molecule has 2 aromatic rings. The molecule has 3 heterocycles. The molecule has 3 fully saturated rings. The fourth-order valence-electron chi connectivity index (χ4n) is 7.93. The average Bonchev–Trinajstić information content (AvgIpc) is 3.19. The van der Waals surface area contributed by atoms with Gasteiger partial charge in [-0.15, -0.1) is 0 Å². The second kappa shape index (κ2) is 17.7. The van der Waals surface area contributed by atoms with Crippen molar-refractivity contribution in [1.29, 1.82) is 0 Å². The van der Waals surface area contributed by atoms with Crippen LogP contribution in [0.25, 0.3) is 0 Å². The normalized spacial score (nSPS) is 24.1. The fourth-order valence-corrected chi connectivity index (χ4v) is 10.1. The number of hydrogen-bond donors (Lipinski definition) is 0. The van der Waals surface area contributed by atoms with E-state index in [0.29, 0.717) is 11.1 Å². The van der Waals surface area contributed by atoms with Crippen molar-refractivity contribution in [1.82, 2.24) is 19.6 Å². The summed E-state index contributed by atoms with van der Waals surface area (Å²) in [7, 11) is -10.2. The Bertz CT molecular complexity index is 2370. The molecule has 0 N–H and O–H groups in total. The lowest BCUT2D eigenvalue weighted by Crippen LogP contribution is -2.85. The standard InChI is InChI=1S/C36H32F12N4O12S2/c1-18-3-9-22(10-4-18)65(59,60)63-20-7-13-24(49(15-20)28(55)33(37,38)39)32(27(54)51(30(57)35(43,44)45)17-26(53)52(32)31(58)36(46,47)48)25-14-8-21(16-50(25)29(56)34(40,41)42)64-66(61,62)23-11-5-19(2)6-12-23/h3-6,9-12,20-21,24-25H,7-8,13-17H2,1-2H3. The van der Waals surface area contributed by atoms with Gasteiger partial charge in [0, 0.05) is 13.1 Å². The summed E-state index contributed by atoms with van der Waals surface area (Å²) in [4.78, 5) is 76.0. The number of piperazine rings is 1. The second-order valence-electron chi connectivity index (χ2n) is 15.1. The molecule has 0 radical (unpaired) electrons. The third kappa shape index (κ3) is 10.1. The summed E-state index contributed by atoms with van der Waals surface area (Å²) in [5.74, 6) is -19.5. The van der Waals surface area contributed by atoms with Crippen molar-refractivity contribution >= 4 is 55.7 Å². The van der Waals surface area contributed by atoms with Crippen LogP contribution in [0, 0.1) is 13.8 Å². The van der Waals surface area contributed by atoms with E-state index >= 15 is 0 Å². The number of alkyl halides is 12. The van der Waals surface area contributed by atoms with E-state index in [2.05, 4.69) is 0 Å². The van der Waals surface area contributed by atoms with Crippen LogP contribution in [0.4, 0.5) is 52.7 Å². The lowest BCUT2D eigenvalue weighted by Gasteiger charge is -2.60. The average molecular weight is 1000 g/mol. The van der Waals surface area contributed by atoms with Gasteiger partial charge < -0.3 is 9.80 Å². The van der Waals surface area contributed by atoms with Gasteiger partial charge in [-0.05, 0) is 63.8 Å². The first kappa shape index (κ1) is 51.6. The van der Waals surface area contributed by atoms with Crippen LogP contribution in [-0.2, 0) is 57.4 Å². The molecule has 2 aromatic carbocycles. The summed E-state index contributed by atoms with van der Waals surface area (Å²) >= 11 is 0. The molecule has 4 unspecified atom stereocenters. The Kier molecular flexibility index (Phi) is 13.8. The maximum absolute atomic E-state index is 14.8. The molecule has 0 spiro atoms. The summed E-state index contributed by atoms with van der Waals surface area (Å²) in [5.41, 5.74) is -3.82. The first-order valence-corrected chi connectivity index (χ1v) is 21.5. The third-order valence-corrected chi connectivity index (χ3v) is 13.4. The Balaban J connectivity index is 1.80. The largest absolute Gasteiger partial charge is 0.471 e. The molecule has 3 aliphatic rings. The highest BCUT2D eigenvalue weighted by Crippen LogP contribution is 2.47. The van der Waals surface area contributed by atoms with Gasteiger partial charge in [-0.2, -0.15) is 69.5 Å². The molecule has 4 atom stereocenters. The maximum Gasteiger partial charge on any atom is 0.471 e. The molecule has 0 saturated carbocycles. The molecular weight excluding hydrogens is 973 g/mol. The molecule has 364 valence electrons. The van der Waals surface area contributed by atoms with Crippen molar-refractivity contribution in [2.24, 2.45) is 0 Å². The van der Waals surface area contributed by atoms with E-state index < -0.39 is 185 Å². The van der Waals surface area contributed by atoms with E-state index in [0.717, 1.165) is 24.3 Å². The molecule has 0 aliphatic carbocycles. The van der Waals surface area contributed by atoms with Crippen LogP contribution in [0.2, 0.25) is 0 Å². The number of rotatable bonds is 8. The van der Waals surface area contributed by atoms with E-state index in [9.17, 15) is 98.3 Å². The zero-order valence-electron chi connectivity index (χ0n) is 33.4. The molecule has 16 nitrogen and oxygen atoms in total. The number of hydrogen-bond acceptors (Lipinski definition) is 12. The number of piperidine rings is 2. The van der Waals surface area contributed by atoms with Crippen LogP contribution in [-0.4, -0.2) is 146 Å². The number of likely N-dealkylation sites (tertiary alicyclic amines) is 2. The van der Waals surface area contributed by atoms with Crippen molar-refractivity contribution in [3.05, 3.63) is 59.7 Å². The zero-order valence-corrected chi connectivity index (χ0v) is 35.1. The van der Waals surface area contributed by atoms with Gasteiger partial charge in [0.2, 0.25) is 0 Å². The van der Waals surface area contributed by atoms with Crippen molar-refractivity contribution in [3.63, 3.8) is 0 Å². The molecule has 3 aliphatic heterocycles. The van der Waals surface area contributed by atoms with Gasteiger partial charge in [-0.3, -0.25) is 46.9 Å². The van der Waals surface area contributed by atoms with Crippen LogP contribution >= 0.6 is 0 Å². The van der Waals surface area contributed by atoms with Gasteiger partial charge in [0.05, 0.1) is 34.1 Å². The van der Waals surface area contributed by atoms with E-state index in [4.69, 9.17) is 8.37 Å². The van der Waals surface area contributed by atoms with Gasteiger partial charge >= 0.3 is 48.3 Å². The van der Waals surface area contributed by atoms with Crippen LogP contribution in [0.15, 0.2) is 58.3 Å². The van der Waals surface area contributed by atoms with E-state index in [1.54, 1.807) is 0 Å². The predicted octanol–water partition coefficient (Wildman–Crippen LogP) is 3.85. The summed E-state index contributed by atoms with van der Waals surface area (Å²) in [6.45, 7) is -3.24. The number of imide groups is 2. The molecule has 5 rings (SSSR count). The van der Waals surface area contributed by atoms with Crippen molar-refractivity contribution < 1.29 is 107 Å². The van der Waals surface area contributed by atoms with Crippen LogP contribution in [0.5, 0.6) is 0 Å². The van der Waals surface area contributed by atoms with Gasteiger partial charge in [-0.25, -0.2) is 0 Å². The van der Waals surface area contributed by atoms with E-state index in [1.165, 1.54) is 38.1 Å². The molecular formula is C36H32F12N4O12S2. The van der Waals surface area contributed by atoms with Crippen LogP contribution in [0.1, 0.15) is 36.8 Å². The minimum absolute atomic E-state index is 0.468. The Morgan fingerprint density at radius 3 is 1.20 bits per heavy atom. The quantitative estimate of drug-likeness (QED) is 0.274. The van der Waals surface area contributed by atoms with Gasteiger partial charge in [-0.1, -0.05) is 35.4 Å². The van der Waals surface area contributed by atoms with E-state index in [1.807, 2.05) is 0 Å². The van der Waals surface area contributed by atoms with Crippen molar-refractivity contribution in [2.75, 3.05) is 19.6 Å². The molecule has 3 saturated heterocycles. The summed E-state index contributed by atoms with van der Waals surface area (Å²) in [5, 5.41) is 0. The number of nitrogens with zero attached hydrogens (tertiary/aromatic N) is 4. The lowest BCUT2D eigenvalue weighted by atomic mass is 9.69. The highest BCUT2D eigenvalue weighted by atomic mass is 32.2. The summed E-state index contributed by atoms with van der Waals surface area (Å²) in [6.07, 6.45) is -35.7. The highest BCUT2D eigenvalue weighted by molar-refractivity contribution is 7.87. The van der Waals surface area contributed by atoms with Crippen LogP contribution in [0.3, 0.4) is 0 Å². The number of benzene rings is 2. The Hall–Kier alpha value is -5.36. The molecule has 6 amide bonds. The smallest absolute Gasteiger partial charge is 0.326 e. The second-order valence-corrected chi connectivity index (χ2v) is 18.3. The first-order valence-electron chi connectivity index (χ1n) is 18.7. The Morgan fingerprint density at radius 2 is 0.879 bits per heavy atom. The van der Waals surface area contributed by atoms with Gasteiger partial charge in [0.1, 0.15) is 6.54 Å². The summed E-state index contributed by atoms with van der Waals surface area (Å²) in [6, 6.07) is 1.74. The van der Waals surface area contributed by atoms with E-state index in [-0.39, 0.29) is 0 Å². The number of carbonyl (C=O) groups is 6. The number of carbonyl (C=O) groups excluding carboxylic acids is 6. The fraction of sp³-hybridized carbons (Fsp3) is 0.500. The van der Waals surface area contributed by atoms with Gasteiger partial charge in [0.15, 0.2) is 5.54 Å². The Morgan fingerprint density at radius 1 is 0.545 bits per heavy atom. The number of amides is 6. The van der Waals surface area contributed by atoms with Crippen molar-refractivity contribution in [2.45, 2.75) is 104 Å². The first-order chi connectivity index (χ1) is 30.0. The maximum atomic E-state index is 14.8. The number of halogens is 12. The highest BCUT2D eigenvalue weighted by Gasteiger charge is 2.73. The minimum Gasteiger partial charge on any atom is -0.326 e. The van der Waals surface area contributed by atoms with Gasteiger partial charge in [0.25, 0.3) is 32.1 Å². The zero-order chi connectivity index (χ0) is 49.9. The molecule has 0 aromatic heterocycles. The minimum atomic E-state index is -6.53. The summed E-state index contributed by atoms with van der Waals surface area (Å²) < 4.78 is 236. The van der Waals surface area contributed by atoms with Crippen LogP contribution < -0.4 is 0 Å². The SMILES string of the molecule is Cc1ccc(S(=O)(=O)OC2CCC(C3(C4CCC(OS(=O)(=O)c5ccc(C)cc5)CN4C(=O)C(F)(F)F)C(=O)N(C(=O)C(F)(F)F)CC(=O)N3C(=O)C(F)(F)F)N(C(=O)C(F)(F)F)C2)cc1. The third-order valence-electron chi connectivity index (χ3n) is 10.7. The topological polar surface area (TPSA) is 202 Å². The number of aryl methyl sites for hydroxylation is 2. The molecule has 0 bridgehead atoms. The Labute approximate surface area is 364 Å². The monoisotopic (exact) mass is 1000 g/mol. The predicted molar refractivity (Wildman–Crippen MR) is 191 cm³/mol.